The summed E-state index contributed by atoms with van der Waals surface area (Å²) in [7, 11) is 0. The van der Waals surface area contributed by atoms with E-state index in [4.69, 9.17) is 0 Å². The number of carbonyl (C=O) groups excluding carboxylic acids is 1. The van der Waals surface area contributed by atoms with Gasteiger partial charge in [-0.25, -0.2) is 0 Å². The number of nitrogens with one attached hydrogen (secondary N) is 1. The summed E-state index contributed by atoms with van der Waals surface area (Å²) in [6.45, 7) is 5.87. The quantitative estimate of drug-likeness (QED) is 0.831. The van der Waals surface area contributed by atoms with Gasteiger partial charge in [0.2, 0.25) is 5.91 Å². The summed E-state index contributed by atoms with van der Waals surface area (Å²) in [6.07, 6.45) is 5.55. The smallest absolute Gasteiger partial charge is 0.228 e. The van der Waals surface area contributed by atoms with Crippen LogP contribution in [0.15, 0.2) is 0 Å². The topological polar surface area (TPSA) is 35.6 Å². The van der Waals surface area contributed by atoms with Gasteiger partial charge in [-0.2, -0.15) is 0 Å². The number of nitrogens with zero attached hydrogens (tertiary/aromatic N) is 2. The van der Waals surface area contributed by atoms with Crippen LogP contribution < -0.4 is 5.32 Å². The molecule has 3 aliphatic rings. The highest BCUT2D eigenvalue weighted by atomic mass is 35.5. The SMILES string of the molecule is Cl.Cl.O=C(C1CNC1)N1CCN(C2CCCC2)CC1. The Hall–Kier alpha value is -0.0300. The van der Waals surface area contributed by atoms with Gasteiger partial charge in [0, 0.05) is 45.3 Å². The predicted octanol–water partition coefficient (Wildman–Crippen LogP) is 1.14. The standard InChI is InChI=1S/C13H23N3O.2ClH/c17-13(11-9-14-10-11)16-7-5-15(6-8-16)12-3-1-2-4-12;;/h11-12,14H,1-10H2;2*1H. The monoisotopic (exact) mass is 309 g/mol. The summed E-state index contributed by atoms with van der Waals surface area (Å²) in [6, 6.07) is 0.817. The van der Waals surface area contributed by atoms with Crippen LogP contribution in [-0.2, 0) is 4.79 Å². The lowest BCUT2D eigenvalue weighted by atomic mass is 10.0. The molecule has 2 saturated heterocycles. The first-order chi connectivity index (χ1) is 8.34. The van der Waals surface area contributed by atoms with Gasteiger partial charge in [0.25, 0.3) is 0 Å². The second kappa shape index (κ2) is 7.67. The zero-order valence-corrected chi connectivity index (χ0v) is 13.0. The summed E-state index contributed by atoms with van der Waals surface area (Å²) in [4.78, 5) is 16.8. The van der Waals surface area contributed by atoms with Crippen LogP contribution in [0.1, 0.15) is 25.7 Å². The third kappa shape index (κ3) is 3.75. The Morgan fingerprint density at radius 1 is 0.947 bits per heavy atom. The summed E-state index contributed by atoms with van der Waals surface area (Å²) in [5.74, 6) is 0.655. The number of hydrogen-bond acceptors (Lipinski definition) is 3. The highest BCUT2D eigenvalue weighted by molar-refractivity contribution is 5.85. The molecule has 19 heavy (non-hydrogen) atoms. The van der Waals surface area contributed by atoms with E-state index in [0.29, 0.717) is 5.91 Å². The van der Waals surface area contributed by atoms with Crippen molar-refractivity contribution in [1.29, 1.82) is 0 Å². The summed E-state index contributed by atoms with van der Waals surface area (Å²) < 4.78 is 0. The average Bonchev–Trinajstić information content (AvgIpc) is 2.80. The zero-order chi connectivity index (χ0) is 11.7. The fraction of sp³-hybridized carbons (Fsp3) is 0.923. The van der Waals surface area contributed by atoms with Gasteiger partial charge in [-0.1, -0.05) is 12.8 Å². The van der Waals surface area contributed by atoms with Crippen LogP contribution in [0.5, 0.6) is 0 Å². The van der Waals surface area contributed by atoms with E-state index in [0.717, 1.165) is 45.3 Å². The minimum atomic E-state index is 0. The van der Waals surface area contributed by atoms with Crippen molar-refractivity contribution in [2.24, 2.45) is 5.92 Å². The van der Waals surface area contributed by atoms with Crippen LogP contribution in [0.3, 0.4) is 0 Å². The van der Waals surface area contributed by atoms with Gasteiger partial charge < -0.3 is 10.2 Å². The fourth-order valence-corrected chi connectivity index (χ4v) is 3.30. The molecule has 4 nitrogen and oxygen atoms in total. The molecule has 0 aromatic heterocycles. The fourth-order valence-electron chi connectivity index (χ4n) is 3.30. The van der Waals surface area contributed by atoms with E-state index in [1.54, 1.807) is 0 Å². The molecule has 6 heteroatoms. The lowest BCUT2D eigenvalue weighted by Gasteiger charge is -2.40. The first-order valence-corrected chi connectivity index (χ1v) is 7.08. The Morgan fingerprint density at radius 3 is 2.00 bits per heavy atom. The molecule has 1 saturated carbocycles. The maximum Gasteiger partial charge on any atom is 0.228 e. The molecular weight excluding hydrogens is 285 g/mol. The molecule has 1 aliphatic carbocycles. The highest BCUT2D eigenvalue weighted by Gasteiger charge is 2.32. The minimum absolute atomic E-state index is 0. The molecule has 3 rings (SSSR count). The van der Waals surface area contributed by atoms with Crippen molar-refractivity contribution in [3.8, 4) is 0 Å². The lowest BCUT2D eigenvalue weighted by Crippen LogP contribution is -2.57. The zero-order valence-electron chi connectivity index (χ0n) is 11.3. The number of rotatable bonds is 2. The largest absolute Gasteiger partial charge is 0.340 e. The molecule has 2 aliphatic heterocycles. The van der Waals surface area contributed by atoms with Crippen molar-refractivity contribution >= 4 is 30.7 Å². The molecule has 0 aromatic carbocycles. The van der Waals surface area contributed by atoms with Crippen LogP contribution >= 0.6 is 24.8 Å². The Bertz CT molecular complexity index is 286. The molecule has 1 N–H and O–H groups in total. The van der Waals surface area contributed by atoms with Gasteiger partial charge in [0.15, 0.2) is 0 Å². The lowest BCUT2D eigenvalue weighted by molar-refractivity contribution is -0.139. The third-order valence-electron chi connectivity index (χ3n) is 4.60. The number of halogens is 2. The summed E-state index contributed by atoms with van der Waals surface area (Å²) >= 11 is 0. The maximum absolute atomic E-state index is 12.1. The highest BCUT2D eigenvalue weighted by Crippen LogP contribution is 2.24. The minimum Gasteiger partial charge on any atom is -0.340 e. The van der Waals surface area contributed by atoms with Crippen molar-refractivity contribution < 1.29 is 4.79 Å². The van der Waals surface area contributed by atoms with Gasteiger partial charge >= 0.3 is 0 Å². The molecule has 112 valence electrons. The van der Waals surface area contributed by atoms with Crippen molar-refractivity contribution in [2.75, 3.05) is 39.3 Å². The molecule has 0 bridgehead atoms. The van der Waals surface area contributed by atoms with E-state index >= 15 is 0 Å². The van der Waals surface area contributed by atoms with E-state index in [9.17, 15) is 4.79 Å². The number of hydrogen-bond donors (Lipinski definition) is 1. The number of piperazine rings is 1. The van der Waals surface area contributed by atoms with E-state index in [2.05, 4.69) is 15.1 Å². The Kier molecular flexibility index (Phi) is 6.87. The van der Waals surface area contributed by atoms with Crippen molar-refractivity contribution in [1.82, 2.24) is 15.1 Å². The second-order valence-electron chi connectivity index (χ2n) is 5.65. The van der Waals surface area contributed by atoms with Gasteiger partial charge in [0.1, 0.15) is 0 Å². The van der Waals surface area contributed by atoms with E-state index in [1.807, 2.05) is 0 Å². The van der Waals surface area contributed by atoms with Gasteiger partial charge in [-0.3, -0.25) is 9.69 Å². The van der Waals surface area contributed by atoms with Crippen LogP contribution in [-0.4, -0.2) is 61.0 Å². The molecule has 0 unspecified atom stereocenters. The van der Waals surface area contributed by atoms with Gasteiger partial charge in [-0.05, 0) is 12.8 Å². The predicted molar refractivity (Wildman–Crippen MR) is 81.3 cm³/mol. The normalized spacial score (nSPS) is 25.4. The summed E-state index contributed by atoms with van der Waals surface area (Å²) in [5, 5.41) is 3.18. The molecule has 2 heterocycles. The second-order valence-corrected chi connectivity index (χ2v) is 5.65. The maximum atomic E-state index is 12.1. The molecule has 0 spiro atoms. The molecule has 0 aromatic rings. The number of amides is 1. The Labute approximate surface area is 128 Å². The van der Waals surface area contributed by atoms with E-state index < -0.39 is 0 Å². The molecule has 0 radical (unpaired) electrons. The van der Waals surface area contributed by atoms with Crippen LogP contribution in [0, 0.1) is 5.92 Å². The van der Waals surface area contributed by atoms with E-state index in [1.165, 1.54) is 25.7 Å². The Balaban J connectivity index is 0.000000902. The van der Waals surface area contributed by atoms with E-state index in [-0.39, 0.29) is 30.7 Å². The molecule has 1 amide bonds. The van der Waals surface area contributed by atoms with Crippen LogP contribution in [0.25, 0.3) is 0 Å². The average molecular weight is 310 g/mol. The van der Waals surface area contributed by atoms with Gasteiger partial charge in [-0.15, -0.1) is 24.8 Å². The molecule has 0 atom stereocenters. The van der Waals surface area contributed by atoms with Crippen LogP contribution in [0.4, 0.5) is 0 Å². The van der Waals surface area contributed by atoms with Crippen molar-refractivity contribution in [3.05, 3.63) is 0 Å². The number of carbonyl (C=O) groups is 1. The molecule has 3 fully saturated rings. The van der Waals surface area contributed by atoms with Crippen molar-refractivity contribution in [3.63, 3.8) is 0 Å². The Morgan fingerprint density at radius 2 is 1.53 bits per heavy atom. The van der Waals surface area contributed by atoms with Gasteiger partial charge in [0.05, 0.1) is 5.92 Å². The first kappa shape index (κ1) is 17.0. The first-order valence-electron chi connectivity index (χ1n) is 7.08. The summed E-state index contributed by atoms with van der Waals surface area (Å²) in [5.41, 5.74) is 0. The molecular formula is C13H25Cl2N3O. The van der Waals surface area contributed by atoms with Crippen molar-refractivity contribution in [2.45, 2.75) is 31.7 Å². The third-order valence-corrected chi connectivity index (χ3v) is 4.60. The van der Waals surface area contributed by atoms with Crippen LogP contribution in [0.2, 0.25) is 0 Å².